The number of aryl methyl sites for hydroxylation is 1. The number of hydrogen-bond donors (Lipinski definition) is 0. The van der Waals surface area contributed by atoms with Crippen LogP contribution in [0.4, 0.5) is 10.1 Å². The van der Waals surface area contributed by atoms with Gasteiger partial charge < -0.3 is 4.74 Å². The van der Waals surface area contributed by atoms with Crippen LogP contribution >= 0.6 is 0 Å². The molecule has 0 bridgehead atoms. The zero-order valence-corrected chi connectivity index (χ0v) is 15.9. The lowest BCUT2D eigenvalue weighted by Gasteiger charge is -2.25. The standard InChI is InChI=1S/C21H20FNO3S/c1-16-6-10-19(11-7-16)23(15-17-8-12-20(26-2)13-9-17)27(24,25)21-5-3-4-18(22)14-21/h3-14H,15H2,1-2H3. The van der Waals surface area contributed by atoms with Gasteiger partial charge in [-0.2, -0.15) is 0 Å². The molecule has 0 radical (unpaired) electrons. The van der Waals surface area contributed by atoms with Crippen LogP contribution < -0.4 is 9.04 Å². The zero-order valence-electron chi connectivity index (χ0n) is 15.1. The number of halogens is 1. The third-order valence-corrected chi connectivity index (χ3v) is 5.96. The summed E-state index contributed by atoms with van der Waals surface area (Å²) >= 11 is 0. The van der Waals surface area contributed by atoms with E-state index in [-0.39, 0.29) is 11.4 Å². The molecule has 0 unspecified atom stereocenters. The summed E-state index contributed by atoms with van der Waals surface area (Å²) in [6.45, 7) is 2.05. The normalized spacial score (nSPS) is 11.2. The Morgan fingerprint density at radius 1 is 0.963 bits per heavy atom. The molecule has 27 heavy (non-hydrogen) atoms. The molecule has 0 aliphatic carbocycles. The molecule has 0 amide bonds. The third-order valence-electron chi connectivity index (χ3n) is 4.19. The van der Waals surface area contributed by atoms with Crippen molar-refractivity contribution in [2.45, 2.75) is 18.4 Å². The molecule has 140 valence electrons. The Hall–Kier alpha value is -2.86. The topological polar surface area (TPSA) is 46.6 Å². The molecular weight excluding hydrogens is 365 g/mol. The molecule has 0 heterocycles. The van der Waals surface area contributed by atoms with Gasteiger partial charge in [0.1, 0.15) is 11.6 Å². The van der Waals surface area contributed by atoms with Crippen molar-refractivity contribution in [1.82, 2.24) is 0 Å². The minimum absolute atomic E-state index is 0.0865. The van der Waals surface area contributed by atoms with Crippen LogP contribution in [0, 0.1) is 12.7 Å². The maximum Gasteiger partial charge on any atom is 0.264 e. The van der Waals surface area contributed by atoms with Gasteiger partial charge >= 0.3 is 0 Å². The van der Waals surface area contributed by atoms with Gasteiger partial charge in [0.15, 0.2) is 0 Å². The molecule has 6 heteroatoms. The number of benzene rings is 3. The van der Waals surface area contributed by atoms with Gasteiger partial charge in [-0.1, -0.05) is 35.9 Å². The van der Waals surface area contributed by atoms with Crippen LogP contribution in [0.5, 0.6) is 5.75 Å². The van der Waals surface area contributed by atoms with Gasteiger partial charge in [-0.05, 0) is 55.0 Å². The van der Waals surface area contributed by atoms with E-state index in [4.69, 9.17) is 4.74 Å². The number of methoxy groups -OCH3 is 1. The van der Waals surface area contributed by atoms with Crippen LogP contribution in [0.2, 0.25) is 0 Å². The summed E-state index contributed by atoms with van der Waals surface area (Å²) in [5.41, 5.74) is 2.32. The molecule has 0 aromatic heterocycles. The fourth-order valence-corrected chi connectivity index (χ4v) is 4.16. The average Bonchev–Trinajstić information content (AvgIpc) is 2.67. The molecule has 0 fully saturated rings. The molecule has 0 saturated carbocycles. The van der Waals surface area contributed by atoms with Crippen molar-refractivity contribution in [3.05, 3.63) is 89.7 Å². The van der Waals surface area contributed by atoms with Gasteiger partial charge in [-0.3, -0.25) is 4.31 Å². The number of nitrogens with zero attached hydrogens (tertiary/aromatic N) is 1. The molecule has 4 nitrogen and oxygen atoms in total. The molecule has 0 aliphatic rings. The number of hydrogen-bond acceptors (Lipinski definition) is 3. The Morgan fingerprint density at radius 2 is 1.63 bits per heavy atom. The van der Waals surface area contributed by atoms with E-state index in [0.717, 1.165) is 17.2 Å². The first-order valence-corrected chi connectivity index (χ1v) is 9.82. The molecule has 3 rings (SSSR count). The van der Waals surface area contributed by atoms with Crippen molar-refractivity contribution in [2.75, 3.05) is 11.4 Å². The molecule has 3 aromatic carbocycles. The van der Waals surface area contributed by atoms with Crippen LogP contribution in [-0.2, 0) is 16.6 Å². The van der Waals surface area contributed by atoms with Crippen LogP contribution in [-0.4, -0.2) is 15.5 Å². The van der Waals surface area contributed by atoms with E-state index in [2.05, 4.69) is 0 Å². The fraction of sp³-hybridized carbons (Fsp3) is 0.143. The van der Waals surface area contributed by atoms with E-state index >= 15 is 0 Å². The van der Waals surface area contributed by atoms with E-state index in [0.29, 0.717) is 11.4 Å². The molecule has 0 spiro atoms. The second-order valence-corrected chi connectivity index (χ2v) is 8.01. The summed E-state index contributed by atoms with van der Waals surface area (Å²) in [4.78, 5) is -0.0865. The van der Waals surface area contributed by atoms with Crippen LogP contribution in [0.25, 0.3) is 0 Å². The van der Waals surface area contributed by atoms with E-state index < -0.39 is 15.8 Å². The van der Waals surface area contributed by atoms with Crippen LogP contribution in [0.3, 0.4) is 0 Å². The number of rotatable bonds is 6. The SMILES string of the molecule is COc1ccc(CN(c2ccc(C)cc2)S(=O)(=O)c2cccc(F)c2)cc1. The van der Waals surface area contributed by atoms with Crippen molar-refractivity contribution in [1.29, 1.82) is 0 Å². The summed E-state index contributed by atoms with van der Waals surface area (Å²) in [5.74, 6) is 0.0954. The van der Waals surface area contributed by atoms with E-state index in [9.17, 15) is 12.8 Å². The molecule has 0 saturated heterocycles. The van der Waals surface area contributed by atoms with Crippen molar-refractivity contribution in [3.8, 4) is 5.75 Å². The highest BCUT2D eigenvalue weighted by molar-refractivity contribution is 7.92. The van der Waals surface area contributed by atoms with Gasteiger partial charge in [-0.15, -0.1) is 0 Å². The first-order chi connectivity index (χ1) is 12.9. The summed E-state index contributed by atoms with van der Waals surface area (Å²) in [7, 11) is -2.37. The lowest BCUT2D eigenvalue weighted by molar-refractivity contribution is 0.414. The summed E-state index contributed by atoms with van der Waals surface area (Å²) in [5, 5.41) is 0. The summed E-state index contributed by atoms with van der Waals surface area (Å²) in [6, 6.07) is 19.4. The van der Waals surface area contributed by atoms with Gasteiger partial charge in [0, 0.05) is 0 Å². The minimum atomic E-state index is -3.94. The second kappa shape index (κ2) is 7.80. The Bertz CT molecular complexity index is 1020. The van der Waals surface area contributed by atoms with Crippen LogP contribution in [0.15, 0.2) is 77.7 Å². The van der Waals surface area contributed by atoms with Crippen molar-refractivity contribution >= 4 is 15.7 Å². The highest BCUT2D eigenvalue weighted by Gasteiger charge is 2.25. The largest absolute Gasteiger partial charge is 0.497 e. The third kappa shape index (κ3) is 4.28. The zero-order chi connectivity index (χ0) is 19.4. The first kappa shape index (κ1) is 18.9. The van der Waals surface area contributed by atoms with E-state index in [1.54, 1.807) is 43.5 Å². The fourth-order valence-electron chi connectivity index (χ4n) is 2.68. The van der Waals surface area contributed by atoms with Crippen molar-refractivity contribution < 1.29 is 17.5 Å². The number of ether oxygens (including phenoxy) is 1. The Balaban J connectivity index is 2.04. The summed E-state index contributed by atoms with van der Waals surface area (Å²) in [6.07, 6.45) is 0. The maximum atomic E-state index is 13.6. The second-order valence-electron chi connectivity index (χ2n) is 6.15. The number of sulfonamides is 1. The van der Waals surface area contributed by atoms with E-state index in [1.165, 1.54) is 22.5 Å². The quantitative estimate of drug-likeness (QED) is 0.626. The van der Waals surface area contributed by atoms with Crippen LogP contribution in [0.1, 0.15) is 11.1 Å². The molecule has 0 aliphatic heterocycles. The molecule has 0 N–H and O–H groups in total. The first-order valence-electron chi connectivity index (χ1n) is 8.38. The maximum absolute atomic E-state index is 13.6. The molecular formula is C21H20FNO3S. The molecule has 3 aromatic rings. The monoisotopic (exact) mass is 385 g/mol. The van der Waals surface area contributed by atoms with E-state index in [1.807, 2.05) is 19.1 Å². The van der Waals surface area contributed by atoms with Gasteiger partial charge in [0.25, 0.3) is 10.0 Å². The average molecular weight is 385 g/mol. The Morgan fingerprint density at radius 3 is 2.22 bits per heavy atom. The predicted octanol–water partition coefficient (Wildman–Crippen LogP) is 4.54. The number of anilines is 1. The highest BCUT2D eigenvalue weighted by Crippen LogP contribution is 2.27. The van der Waals surface area contributed by atoms with Gasteiger partial charge in [0.05, 0.1) is 24.2 Å². The smallest absolute Gasteiger partial charge is 0.264 e. The lowest BCUT2D eigenvalue weighted by Crippen LogP contribution is -2.30. The molecule has 0 atom stereocenters. The minimum Gasteiger partial charge on any atom is -0.497 e. The highest BCUT2D eigenvalue weighted by atomic mass is 32.2. The Labute approximate surface area is 158 Å². The van der Waals surface area contributed by atoms with Gasteiger partial charge in [-0.25, -0.2) is 12.8 Å². The van der Waals surface area contributed by atoms with Gasteiger partial charge in [0.2, 0.25) is 0 Å². The predicted molar refractivity (Wildman–Crippen MR) is 104 cm³/mol. The van der Waals surface area contributed by atoms with Crippen molar-refractivity contribution in [3.63, 3.8) is 0 Å². The van der Waals surface area contributed by atoms with Crippen molar-refractivity contribution in [2.24, 2.45) is 0 Å². The lowest BCUT2D eigenvalue weighted by atomic mass is 10.2. The Kier molecular flexibility index (Phi) is 5.46. The summed E-state index contributed by atoms with van der Waals surface area (Å²) < 4.78 is 46.5.